The summed E-state index contributed by atoms with van der Waals surface area (Å²) in [5, 5.41) is 10.2. The normalized spacial score (nSPS) is 9.42. The molecule has 0 atom stereocenters. The van der Waals surface area contributed by atoms with Crippen LogP contribution in [0, 0.1) is 17.0 Å². The smallest absolute Gasteiger partial charge is 0.358 e. The SMILES string of the molecule is Cc1cc(C=O)nc([N+](=O)[O-])c1. The summed E-state index contributed by atoms with van der Waals surface area (Å²) in [5.74, 6) is -0.294. The quantitative estimate of drug-likeness (QED) is 0.374. The molecule has 12 heavy (non-hydrogen) atoms. The van der Waals surface area contributed by atoms with Crippen LogP contribution in [0.3, 0.4) is 0 Å². The van der Waals surface area contributed by atoms with E-state index in [4.69, 9.17) is 0 Å². The second-order valence-corrected chi connectivity index (χ2v) is 2.30. The number of nitro groups is 1. The molecular weight excluding hydrogens is 160 g/mol. The molecule has 1 heterocycles. The van der Waals surface area contributed by atoms with E-state index in [1.807, 2.05) is 0 Å². The molecule has 0 saturated heterocycles. The highest BCUT2D eigenvalue weighted by Crippen LogP contribution is 2.10. The van der Waals surface area contributed by atoms with Gasteiger partial charge in [-0.2, -0.15) is 0 Å². The molecule has 0 spiro atoms. The number of hydrogen-bond acceptors (Lipinski definition) is 4. The second-order valence-electron chi connectivity index (χ2n) is 2.30. The van der Waals surface area contributed by atoms with E-state index in [1.54, 1.807) is 6.92 Å². The van der Waals surface area contributed by atoms with E-state index in [-0.39, 0.29) is 11.5 Å². The van der Waals surface area contributed by atoms with Gasteiger partial charge < -0.3 is 10.1 Å². The lowest BCUT2D eigenvalue weighted by Gasteiger charge is -1.93. The van der Waals surface area contributed by atoms with Gasteiger partial charge in [0.05, 0.1) is 0 Å². The number of aryl methyl sites for hydroxylation is 1. The van der Waals surface area contributed by atoms with Gasteiger partial charge in [-0.05, 0) is 28.5 Å². The third-order valence-electron chi connectivity index (χ3n) is 1.28. The van der Waals surface area contributed by atoms with Gasteiger partial charge in [-0.15, -0.1) is 0 Å². The molecule has 0 aromatic carbocycles. The van der Waals surface area contributed by atoms with Gasteiger partial charge in [0.25, 0.3) is 0 Å². The number of pyridine rings is 1. The predicted octanol–water partition coefficient (Wildman–Crippen LogP) is 1.11. The minimum Gasteiger partial charge on any atom is -0.358 e. The molecule has 0 fully saturated rings. The number of nitrogens with zero attached hydrogens (tertiary/aromatic N) is 2. The van der Waals surface area contributed by atoms with E-state index in [9.17, 15) is 14.9 Å². The Balaban J connectivity index is 3.23. The number of carbonyl (C=O) groups excluding carboxylic acids is 1. The first-order valence-corrected chi connectivity index (χ1v) is 3.22. The maximum Gasteiger partial charge on any atom is 0.364 e. The molecule has 0 bridgehead atoms. The summed E-state index contributed by atoms with van der Waals surface area (Å²) in [6.45, 7) is 1.67. The van der Waals surface area contributed by atoms with Crippen LogP contribution >= 0.6 is 0 Å². The van der Waals surface area contributed by atoms with Crippen LogP contribution in [0.1, 0.15) is 16.1 Å². The van der Waals surface area contributed by atoms with Crippen LogP contribution in [0.15, 0.2) is 12.1 Å². The van der Waals surface area contributed by atoms with Gasteiger partial charge in [0, 0.05) is 6.07 Å². The maximum absolute atomic E-state index is 10.2. The summed E-state index contributed by atoms with van der Waals surface area (Å²) >= 11 is 0. The molecule has 0 unspecified atom stereocenters. The molecule has 62 valence electrons. The van der Waals surface area contributed by atoms with Crippen LogP contribution in [-0.4, -0.2) is 16.2 Å². The van der Waals surface area contributed by atoms with E-state index in [0.717, 1.165) is 0 Å². The second kappa shape index (κ2) is 3.08. The standard InChI is InChI=1S/C7H6N2O3/c1-5-2-6(4-10)8-7(3-5)9(11)12/h2-4H,1H3. The van der Waals surface area contributed by atoms with Gasteiger partial charge in [-0.1, -0.05) is 0 Å². The highest BCUT2D eigenvalue weighted by Gasteiger charge is 2.10. The van der Waals surface area contributed by atoms with Crippen molar-refractivity contribution in [2.75, 3.05) is 0 Å². The zero-order valence-electron chi connectivity index (χ0n) is 6.35. The van der Waals surface area contributed by atoms with Crippen molar-refractivity contribution in [3.63, 3.8) is 0 Å². The molecule has 1 aromatic rings. The highest BCUT2D eigenvalue weighted by atomic mass is 16.6. The molecule has 1 aromatic heterocycles. The lowest BCUT2D eigenvalue weighted by molar-refractivity contribution is -0.389. The number of carbonyl (C=O) groups is 1. The molecule has 1 rings (SSSR count). The van der Waals surface area contributed by atoms with E-state index in [2.05, 4.69) is 4.98 Å². The molecule has 0 radical (unpaired) electrons. The molecule has 0 aliphatic heterocycles. The Bertz CT molecular complexity index is 335. The average Bonchev–Trinajstić information content (AvgIpc) is 2.03. The van der Waals surface area contributed by atoms with Crippen LogP contribution in [0.25, 0.3) is 0 Å². The minimum absolute atomic E-state index is 0.0849. The summed E-state index contributed by atoms with van der Waals surface area (Å²) in [7, 11) is 0. The Hall–Kier alpha value is -1.78. The maximum atomic E-state index is 10.2. The van der Waals surface area contributed by atoms with Crippen molar-refractivity contribution < 1.29 is 9.72 Å². The molecular formula is C7H6N2O3. The highest BCUT2D eigenvalue weighted by molar-refractivity contribution is 5.72. The summed E-state index contributed by atoms with van der Waals surface area (Å²) in [4.78, 5) is 23.4. The monoisotopic (exact) mass is 166 g/mol. The molecule has 0 aliphatic rings. The lowest BCUT2D eigenvalue weighted by atomic mass is 10.2. The zero-order valence-corrected chi connectivity index (χ0v) is 6.35. The van der Waals surface area contributed by atoms with Gasteiger partial charge in [0.2, 0.25) is 5.69 Å². The summed E-state index contributed by atoms with van der Waals surface area (Å²) in [5.41, 5.74) is 0.737. The average molecular weight is 166 g/mol. The van der Waals surface area contributed by atoms with Crippen molar-refractivity contribution in [3.05, 3.63) is 33.5 Å². The Morgan fingerprint density at radius 2 is 2.25 bits per heavy atom. The molecule has 0 amide bonds. The minimum atomic E-state index is -0.625. The van der Waals surface area contributed by atoms with Crippen molar-refractivity contribution in [3.8, 4) is 0 Å². The summed E-state index contributed by atoms with van der Waals surface area (Å²) in [6.07, 6.45) is 0.486. The summed E-state index contributed by atoms with van der Waals surface area (Å²) < 4.78 is 0. The molecule has 0 saturated carbocycles. The van der Waals surface area contributed by atoms with E-state index in [0.29, 0.717) is 11.8 Å². The van der Waals surface area contributed by atoms with E-state index >= 15 is 0 Å². The topological polar surface area (TPSA) is 73.1 Å². The van der Waals surface area contributed by atoms with Crippen molar-refractivity contribution >= 4 is 12.1 Å². The fourth-order valence-electron chi connectivity index (χ4n) is 0.829. The summed E-state index contributed by atoms with van der Waals surface area (Å²) in [6, 6.07) is 2.80. The third-order valence-corrected chi connectivity index (χ3v) is 1.28. The lowest BCUT2D eigenvalue weighted by Crippen LogP contribution is -1.96. The predicted molar refractivity (Wildman–Crippen MR) is 41.0 cm³/mol. The van der Waals surface area contributed by atoms with Crippen molar-refractivity contribution in [2.24, 2.45) is 0 Å². The van der Waals surface area contributed by atoms with Crippen molar-refractivity contribution in [1.29, 1.82) is 0 Å². The van der Waals surface area contributed by atoms with Crippen LogP contribution in [0.4, 0.5) is 5.82 Å². The van der Waals surface area contributed by atoms with Gasteiger partial charge in [-0.3, -0.25) is 4.79 Å². The van der Waals surface area contributed by atoms with Crippen LogP contribution < -0.4 is 0 Å². The molecule has 5 heteroatoms. The third kappa shape index (κ3) is 1.63. The number of rotatable bonds is 2. The number of aromatic nitrogens is 1. The van der Waals surface area contributed by atoms with Gasteiger partial charge >= 0.3 is 5.82 Å². The Kier molecular flexibility index (Phi) is 2.14. The fourth-order valence-corrected chi connectivity index (χ4v) is 0.829. The van der Waals surface area contributed by atoms with Crippen LogP contribution in [0.5, 0.6) is 0 Å². The van der Waals surface area contributed by atoms with Crippen LogP contribution in [-0.2, 0) is 0 Å². The Morgan fingerprint density at radius 3 is 2.75 bits per heavy atom. The zero-order chi connectivity index (χ0) is 9.14. The number of aldehydes is 1. The first-order chi connectivity index (χ1) is 5.63. The fraction of sp³-hybridized carbons (Fsp3) is 0.143. The van der Waals surface area contributed by atoms with Gasteiger partial charge in [-0.25, -0.2) is 0 Å². The van der Waals surface area contributed by atoms with Gasteiger partial charge in [0.15, 0.2) is 6.29 Å². The Morgan fingerprint density at radius 1 is 1.58 bits per heavy atom. The molecule has 0 aliphatic carbocycles. The van der Waals surface area contributed by atoms with E-state index in [1.165, 1.54) is 12.1 Å². The first kappa shape index (κ1) is 8.32. The first-order valence-electron chi connectivity index (χ1n) is 3.22. The van der Waals surface area contributed by atoms with Crippen molar-refractivity contribution in [1.82, 2.24) is 4.98 Å². The van der Waals surface area contributed by atoms with Crippen LogP contribution in [0.2, 0.25) is 0 Å². The largest absolute Gasteiger partial charge is 0.364 e. The van der Waals surface area contributed by atoms with E-state index < -0.39 is 4.92 Å². The van der Waals surface area contributed by atoms with Gasteiger partial charge in [0.1, 0.15) is 0 Å². The Labute approximate surface area is 68.2 Å². The van der Waals surface area contributed by atoms with Crippen molar-refractivity contribution in [2.45, 2.75) is 6.92 Å². The molecule has 5 nitrogen and oxygen atoms in total. The molecule has 0 N–H and O–H groups in total. The number of hydrogen-bond donors (Lipinski definition) is 0.